The summed E-state index contributed by atoms with van der Waals surface area (Å²) in [5.74, 6) is 0.557. The Morgan fingerprint density at radius 3 is 2.82 bits per heavy atom. The summed E-state index contributed by atoms with van der Waals surface area (Å²) in [4.78, 5) is 16.0. The van der Waals surface area contributed by atoms with Gasteiger partial charge in [0, 0.05) is 6.42 Å². The van der Waals surface area contributed by atoms with Gasteiger partial charge < -0.3 is 4.57 Å². The Labute approximate surface area is 105 Å². The van der Waals surface area contributed by atoms with Crippen molar-refractivity contribution in [2.45, 2.75) is 26.8 Å². The van der Waals surface area contributed by atoms with Gasteiger partial charge in [-0.2, -0.15) is 0 Å². The third-order valence-corrected chi connectivity index (χ3v) is 2.87. The number of Topliss-reactive ketones (excluding diaryl/α,β-unsaturated/α-hetero) is 1. The maximum Gasteiger partial charge on any atom is 0.204 e. The predicted octanol–water partition coefficient (Wildman–Crippen LogP) is 3.30. The number of rotatable bonds is 4. The highest BCUT2D eigenvalue weighted by Crippen LogP contribution is 2.19. The molecule has 0 N–H and O–H groups in total. The summed E-state index contributed by atoms with van der Waals surface area (Å²) in [6.07, 6.45) is 0.572. The highest BCUT2D eigenvalue weighted by Gasteiger charge is 2.12. The zero-order valence-corrected chi connectivity index (χ0v) is 10.7. The van der Waals surface area contributed by atoms with Crippen LogP contribution in [-0.2, 0) is 11.3 Å². The molecule has 0 bridgehead atoms. The van der Waals surface area contributed by atoms with Crippen LogP contribution >= 0.6 is 11.6 Å². The van der Waals surface area contributed by atoms with Crippen molar-refractivity contribution in [1.82, 2.24) is 9.55 Å². The van der Waals surface area contributed by atoms with Crippen LogP contribution in [0.4, 0.5) is 0 Å². The largest absolute Gasteiger partial charge is 0.307 e. The number of halogens is 1. The smallest absolute Gasteiger partial charge is 0.204 e. The molecule has 0 aliphatic rings. The number of carbonyl (C=O) groups is 1. The summed E-state index contributed by atoms with van der Waals surface area (Å²) >= 11 is 6.05. The van der Waals surface area contributed by atoms with E-state index in [1.54, 1.807) is 4.57 Å². The highest BCUT2D eigenvalue weighted by atomic mass is 35.5. The van der Waals surface area contributed by atoms with Crippen LogP contribution in [0.2, 0.25) is 5.28 Å². The van der Waals surface area contributed by atoms with Gasteiger partial charge in [0.15, 0.2) is 5.78 Å². The molecule has 0 unspecified atom stereocenters. The van der Waals surface area contributed by atoms with E-state index in [0.717, 1.165) is 11.0 Å². The zero-order chi connectivity index (χ0) is 12.4. The van der Waals surface area contributed by atoms with Crippen LogP contribution < -0.4 is 0 Å². The van der Waals surface area contributed by atoms with Gasteiger partial charge in [-0.3, -0.25) is 4.79 Å². The quantitative estimate of drug-likeness (QED) is 0.835. The number of hydrogen-bond acceptors (Lipinski definition) is 2. The van der Waals surface area contributed by atoms with E-state index in [1.807, 2.05) is 38.1 Å². The molecule has 4 heteroatoms. The number of ketones is 1. The topological polar surface area (TPSA) is 34.9 Å². The van der Waals surface area contributed by atoms with Crippen LogP contribution in [0.15, 0.2) is 24.3 Å². The van der Waals surface area contributed by atoms with Gasteiger partial charge in [-0.1, -0.05) is 26.0 Å². The molecule has 1 aromatic heterocycles. The molecule has 0 radical (unpaired) electrons. The van der Waals surface area contributed by atoms with Gasteiger partial charge in [-0.05, 0) is 29.7 Å². The maximum atomic E-state index is 11.8. The number of nitrogens with zero attached hydrogens (tertiary/aromatic N) is 2. The Hall–Kier alpha value is -1.35. The van der Waals surface area contributed by atoms with E-state index in [9.17, 15) is 4.79 Å². The number of fused-ring (bicyclic) bond motifs is 1. The molecule has 0 fully saturated rings. The molecule has 90 valence electrons. The van der Waals surface area contributed by atoms with Gasteiger partial charge >= 0.3 is 0 Å². The number of hydrogen-bond donors (Lipinski definition) is 0. The third-order valence-electron chi connectivity index (χ3n) is 2.58. The monoisotopic (exact) mass is 250 g/mol. The first-order chi connectivity index (χ1) is 8.08. The lowest BCUT2D eigenvalue weighted by atomic mass is 10.1. The van der Waals surface area contributed by atoms with Gasteiger partial charge in [-0.25, -0.2) is 4.98 Å². The summed E-state index contributed by atoms with van der Waals surface area (Å²) in [6.45, 7) is 4.37. The van der Waals surface area contributed by atoms with Crippen molar-refractivity contribution in [3.8, 4) is 0 Å². The molecule has 0 saturated carbocycles. The highest BCUT2D eigenvalue weighted by molar-refractivity contribution is 6.29. The molecule has 2 rings (SSSR count). The second-order valence-corrected chi connectivity index (χ2v) is 4.93. The van der Waals surface area contributed by atoms with Gasteiger partial charge in [0.2, 0.25) is 5.28 Å². The fraction of sp³-hybridized carbons (Fsp3) is 0.385. The minimum absolute atomic E-state index is 0.185. The van der Waals surface area contributed by atoms with Crippen LogP contribution in [0.1, 0.15) is 20.3 Å². The molecule has 0 atom stereocenters. The van der Waals surface area contributed by atoms with E-state index < -0.39 is 0 Å². The molecule has 0 saturated heterocycles. The van der Waals surface area contributed by atoms with Crippen molar-refractivity contribution < 1.29 is 4.79 Å². The lowest BCUT2D eigenvalue weighted by Gasteiger charge is -2.06. The fourth-order valence-corrected chi connectivity index (χ4v) is 2.13. The second kappa shape index (κ2) is 4.88. The number of para-hydroxylation sites is 2. The average molecular weight is 251 g/mol. The molecule has 1 aromatic carbocycles. The van der Waals surface area contributed by atoms with Gasteiger partial charge in [0.25, 0.3) is 0 Å². The van der Waals surface area contributed by atoms with Crippen molar-refractivity contribution in [1.29, 1.82) is 0 Å². The first-order valence-corrected chi connectivity index (χ1v) is 6.08. The molecule has 1 heterocycles. The second-order valence-electron chi connectivity index (χ2n) is 4.59. The van der Waals surface area contributed by atoms with Crippen LogP contribution in [0, 0.1) is 5.92 Å². The molecule has 3 nitrogen and oxygen atoms in total. The molecule has 0 aliphatic carbocycles. The summed E-state index contributed by atoms with van der Waals surface area (Å²) < 4.78 is 1.77. The molecule has 17 heavy (non-hydrogen) atoms. The van der Waals surface area contributed by atoms with Crippen LogP contribution in [0.3, 0.4) is 0 Å². The van der Waals surface area contributed by atoms with Gasteiger partial charge in [0.1, 0.15) is 0 Å². The molecule has 0 amide bonds. The lowest BCUT2D eigenvalue weighted by Crippen LogP contribution is -2.12. The molecule has 0 aliphatic heterocycles. The number of imidazole rings is 1. The maximum absolute atomic E-state index is 11.8. The summed E-state index contributed by atoms with van der Waals surface area (Å²) in [6, 6.07) is 7.65. The van der Waals surface area contributed by atoms with Crippen LogP contribution in [0.5, 0.6) is 0 Å². The van der Waals surface area contributed by atoms with E-state index in [2.05, 4.69) is 4.98 Å². The van der Waals surface area contributed by atoms with E-state index in [-0.39, 0.29) is 5.78 Å². The predicted molar refractivity (Wildman–Crippen MR) is 69.2 cm³/mol. The minimum atomic E-state index is 0.185. The van der Waals surface area contributed by atoms with E-state index >= 15 is 0 Å². The Morgan fingerprint density at radius 2 is 2.12 bits per heavy atom. The minimum Gasteiger partial charge on any atom is -0.307 e. The molecule has 2 aromatic rings. The number of aromatic nitrogens is 2. The Kier molecular flexibility index (Phi) is 3.48. The summed E-state index contributed by atoms with van der Waals surface area (Å²) in [5, 5.41) is 0.378. The van der Waals surface area contributed by atoms with Crippen LogP contribution in [-0.4, -0.2) is 15.3 Å². The number of benzene rings is 1. The first-order valence-electron chi connectivity index (χ1n) is 5.70. The average Bonchev–Trinajstić information content (AvgIpc) is 2.55. The Morgan fingerprint density at radius 1 is 1.41 bits per heavy atom. The van der Waals surface area contributed by atoms with E-state index in [0.29, 0.717) is 24.2 Å². The van der Waals surface area contributed by atoms with E-state index in [1.165, 1.54) is 0 Å². The van der Waals surface area contributed by atoms with Crippen molar-refractivity contribution in [3.63, 3.8) is 0 Å². The molecular formula is C13H15ClN2O. The Bertz CT molecular complexity index is 545. The van der Waals surface area contributed by atoms with Crippen LogP contribution in [0.25, 0.3) is 11.0 Å². The number of carbonyl (C=O) groups excluding carboxylic acids is 1. The Balaban J connectivity index is 2.29. The summed E-state index contributed by atoms with van der Waals surface area (Å²) in [5.41, 5.74) is 1.74. The normalized spacial score (nSPS) is 11.3. The summed E-state index contributed by atoms with van der Waals surface area (Å²) in [7, 11) is 0. The third kappa shape index (κ3) is 2.67. The van der Waals surface area contributed by atoms with E-state index in [4.69, 9.17) is 11.6 Å². The lowest BCUT2D eigenvalue weighted by molar-refractivity contribution is -0.120. The molecule has 0 spiro atoms. The zero-order valence-electron chi connectivity index (χ0n) is 9.98. The van der Waals surface area contributed by atoms with Gasteiger partial charge in [0.05, 0.1) is 17.6 Å². The van der Waals surface area contributed by atoms with Crippen molar-refractivity contribution in [3.05, 3.63) is 29.5 Å². The van der Waals surface area contributed by atoms with Crippen molar-refractivity contribution in [2.75, 3.05) is 0 Å². The SMILES string of the molecule is CC(C)CC(=O)Cn1c(Cl)nc2ccccc21. The van der Waals surface area contributed by atoms with Gasteiger partial charge in [-0.15, -0.1) is 0 Å². The first kappa shape index (κ1) is 12.1. The van der Waals surface area contributed by atoms with Crippen molar-refractivity contribution in [2.24, 2.45) is 5.92 Å². The standard InChI is InChI=1S/C13H15ClN2O/c1-9(2)7-10(17)8-16-12-6-4-3-5-11(12)15-13(16)14/h3-6,9H,7-8H2,1-2H3. The molecular weight excluding hydrogens is 236 g/mol. The van der Waals surface area contributed by atoms with Crippen molar-refractivity contribution >= 4 is 28.4 Å². The fourth-order valence-electron chi connectivity index (χ4n) is 1.89.